The van der Waals surface area contributed by atoms with E-state index in [4.69, 9.17) is 9.47 Å². The molecule has 0 N–H and O–H groups in total. The Morgan fingerprint density at radius 2 is 1.29 bits per heavy atom. The minimum atomic E-state index is -0.412. The molecule has 0 radical (unpaired) electrons. The van der Waals surface area contributed by atoms with E-state index in [1.807, 2.05) is 12.1 Å². The summed E-state index contributed by atoms with van der Waals surface area (Å²) < 4.78 is 10.7. The number of hydrogen-bond donors (Lipinski definition) is 0. The smallest absolute Gasteiger partial charge is 0.330 e. The van der Waals surface area contributed by atoms with Gasteiger partial charge in [-0.2, -0.15) is 0 Å². The van der Waals surface area contributed by atoms with Crippen LogP contribution in [0.3, 0.4) is 0 Å². The van der Waals surface area contributed by atoms with Gasteiger partial charge in [0.05, 0.1) is 9.16 Å². The van der Waals surface area contributed by atoms with E-state index >= 15 is 0 Å². The molecule has 2 atom stereocenters. The second kappa shape index (κ2) is 10.3. The Balaban J connectivity index is 1.60. The maximum absolute atomic E-state index is 11.3. The Kier molecular flexibility index (Phi) is 7.84. The SMILES string of the molecule is C=CC(=O)OCC1=CSC(c2ccccc2C2SC=C(COC(=O)C=C)S2)S1. The Labute approximate surface area is 181 Å². The lowest BCUT2D eigenvalue weighted by atomic mass is 10.1. The van der Waals surface area contributed by atoms with E-state index in [9.17, 15) is 9.59 Å². The van der Waals surface area contributed by atoms with Crippen molar-refractivity contribution in [2.75, 3.05) is 13.2 Å². The Morgan fingerprint density at radius 3 is 1.68 bits per heavy atom. The molecule has 0 saturated heterocycles. The Morgan fingerprint density at radius 1 is 0.857 bits per heavy atom. The normalized spacial score (nSPS) is 20.9. The van der Waals surface area contributed by atoms with Crippen LogP contribution in [0.25, 0.3) is 0 Å². The van der Waals surface area contributed by atoms with E-state index < -0.39 is 11.9 Å². The third-order valence-corrected chi connectivity index (χ3v) is 9.11. The number of benzene rings is 1. The second-order valence-corrected chi connectivity index (χ2v) is 10.6. The highest BCUT2D eigenvalue weighted by Crippen LogP contribution is 2.57. The molecule has 4 nitrogen and oxygen atoms in total. The van der Waals surface area contributed by atoms with Crippen LogP contribution in [-0.2, 0) is 19.1 Å². The summed E-state index contributed by atoms with van der Waals surface area (Å²) in [6.45, 7) is 7.36. The number of thioether (sulfide) groups is 4. The molecule has 2 aliphatic heterocycles. The lowest BCUT2D eigenvalue weighted by molar-refractivity contribution is -0.137. The van der Waals surface area contributed by atoms with Gasteiger partial charge >= 0.3 is 11.9 Å². The minimum absolute atomic E-state index is 0.220. The highest BCUT2D eigenvalue weighted by Gasteiger charge is 2.29. The summed E-state index contributed by atoms with van der Waals surface area (Å²) in [6, 6.07) is 8.37. The van der Waals surface area contributed by atoms with Gasteiger partial charge < -0.3 is 9.47 Å². The fourth-order valence-electron chi connectivity index (χ4n) is 2.41. The molecule has 8 heteroatoms. The third-order valence-electron chi connectivity index (χ3n) is 3.71. The van der Waals surface area contributed by atoms with Crippen LogP contribution in [0.5, 0.6) is 0 Å². The summed E-state index contributed by atoms with van der Waals surface area (Å²) in [5, 5.41) is 4.10. The second-order valence-electron chi connectivity index (χ2n) is 5.59. The highest BCUT2D eigenvalue weighted by atomic mass is 32.2. The predicted octanol–water partition coefficient (Wildman–Crippen LogP) is 5.79. The molecule has 3 rings (SSSR count). The average molecular weight is 451 g/mol. The van der Waals surface area contributed by atoms with Crippen LogP contribution in [0, 0.1) is 0 Å². The Bertz CT molecular complexity index is 777. The zero-order chi connectivity index (χ0) is 19.9. The first-order valence-electron chi connectivity index (χ1n) is 8.30. The topological polar surface area (TPSA) is 52.6 Å². The van der Waals surface area contributed by atoms with Crippen LogP contribution in [-0.4, -0.2) is 25.2 Å². The lowest BCUT2D eigenvalue weighted by Crippen LogP contribution is -2.03. The molecular formula is C20H18O4S4. The van der Waals surface area contributed by atoms with Crippen molar-refractivity contribution in [2.24, 2.45) is 0 Å². The van der Waals surface area contributed by atoms with Crippen molar-refractivity contribution in [2.45, 2.75) is 9.16 Å². The van der Waals surface area contributed by atoms with Crippen molar-refractivity contribution >= 4 is 59.0 Å². The van der Waals surface area contributed by atoms with Crippen LogP contribution < -0.4 is 0 Å². The van der Waals surface area contributed by atoms with E-state index in [0.29, 0.717) is 0 Å². The molecule has 0 bridgehead atoms. The first-order chi connectivity index (χ1) is 13.6. The maximum atomic E-state index is 11.3. The molecule has 1 aromatic carbocycles. The lowest BCUT2D eigenvalue weighted by Gasteiger charge is -2.18. The third kappa shape index (κ3) is 5.53. The van der Waals surface area contributed by atoms with Crippen LogP contribution in [0.15, 0.2) is 70.2 Å². The standard InChI is InChI=1S/C20H18O4S4/c1-3-17(21)23-9-13-11-25-19(27-13)15-7-5-6-8-16(15)20-26-12-14(28-20)10-24-18(22)4-2/h3-8,11-12,19-20H,1-2,9-10H2. The van der Waals surface area contributed by atoms with E-state index in [1.165, 1.54) is 23.3 Å². The Hall–Kier alpha value is -1.48. The molecule has 2 aliphatic rings. The molecule has 1 aromatic rings. The molecule has 28 heavy (non-hydrogen) atoms. The number of carbonyl (C=O) groups excluding carboxylic acids is 2. The minimum Gasteiger partial charge on any atom is -0.457 e. The van der Waals surface area contributed by atoms with Gasteiger partial charge in [-0.1, -0.05) is 37.4 Å². The number of ether oxygens (including phenoxy) is 2. The van der Waals surface area contributed by atoms with Gasteiger partial charge in [-0.25, -0.2) is 9.59 Å². The van der Waals surface area contributed by atoms with E-state index in [1.54, 1.807) is 47.0 Å². The summed E-state index contributed by atoms with van der Waals surface area (Å²) in [7, 11) is 0. The maximum Gasteiger partial charge on any atom is 0.330 e. The van der Waals surface area contributed by atoms with Gasteiger partial charge in [0.15, 0.2) is 0 Å². The number of rotatable bonds is 8. The van der Waals surface area contributed by atoms with Gasteiger partial charge in [0.25, 0.3) is 0 Å². The molecule has 0 aliphatic carbocycles. The van der Waals surface area contributed by atoms with Gasteiger partial charge in [0, 0.05) is 22.0 Å². The van der Waals surface area contributed by atoms with Crippen molar-refractivity contribution in [3.05, 3.63) is 81.3 Å². The van der Waals surface area contributed by atoms with Gasteiger partial charge in [0.2, 0.25) is 0 Å². The molecular weight excluding hydrogens is 432 g/mol. The van der Waals surface area contributed by atoms with Gasteiger partial charge in [-0.3, -0.25) is 0 Å². The first-order valence-corrected chi connectivity index (χ1v) is 11.9. The van der Waals surface area contributed by atoms with Crippen LogP contribution in [0.2, 0.25) is 0 Å². The zero-order valence-corrected chi connectivity index (χ0v) is 18.1. The summed E-state index contributed by atoms with van der Waals surface area (Å²) in [5.41, 5.74) is 2.50. The molecule has 146 valence electrons. The van der Waals surface area contributed by atoms with Crippen molar-refractivity contribution in [1.29, 1.82) is 0 Å². The summed E-state index contributed by atoms with van der Waals surface area (Å²) in [4.78, 5) is 24.6. The van der Waals surface area contributed by atoms with Crippen molar-refractivity contribution < 1.29 is 19.1 Å². The van der Waals surface area contributed by atoms with Crippen LogP contribution in [0.4, 0.5) is 0 Å². The summed E-state index contributed by atoms with van der Waals surface area (Å²) >= 11 is 6.85. The quantitative estimate of drug-likeness (QED) is 0.365. The van der Waals surface area contributed by atoms with Gasteiger partial charge in [0.1, 0.15) is 13.2 Å². The van der Waals surface area contributed by atoms with Crippen molar-refractivity contribution in [3.63, 3.8) is 0 Å². The van der Waals surface area contributed by atoms with Gasteiger partial charge in [-0.05, 0) is 21.9 Å². The highest BCUT2D eigenvalue weighted by molar-refractivity contribution is 8.23. The average Bonchev–Trinajstić information content (AvgIpc) is 3.39. The number of esters is 2. The predicted molar refractivity (Wildman–Crippen MR) is 121 cm³/mol. The van der Waals surface area contributed by atoms with Crippen LogP contribution in [0.1, 0.15) is 20.3 Å². The van der Waals surface area contributed by atoms with Gasteiger partial charge in [-0.15, -0.1) is 47.0 Å². The van der Waals surface area contributed by atoms with E-state index in [0.717, 1.165) is 9.81 Å². The fraction of sp³-hybridized carbons (Fsp3) is 0.200. The van der Waals surface area contributed by atoms with E-state index in [2.05, 4.69) is 36.1 Å². The number of hydrogen-bond acceptors (Lipinski definition) is 8. The fourth-order valence-corrected chi connectivity index (χ4v) is 7.61. The molecule has 0 saturated carbocycles. The van der Waals surface area contributed by atoms with Crippen LogP contribution >= 0.6 is 47.0 Å². The molecule has 0 aromatic heterocycles. The number of carbonyl (C=O) groups is 2. The van der Waals surface area contributed by atoms with Crippen molar-refractivity contribution in [3.8, 4) is 0 Å². The molecule has 0 spiro atoms. The first kappa shape index (κ1) is 21.2. The molecule has 2 unspecified atom stereocenters. The molecule has 0 fully saturated rings. The zero-order valence-electron chi connectivity index (χ0n) is 14.9. The molecule has 2 heterocycles. The largest absolute Gasteiger partial charge is 0.457 e. The van der Waals surface area contributed by atoms with Crippen molar-refractivity contribution in [1.82, 2.24) is 0 Å². The molecule has 0 amide bonds. The summed E-state index contributed by atoms with van der Waals surface area (Å²) in [5.74, 6) is -0.824. The monoisotopic (exact) mass is 450 g/mol. The van der Waals surface area contributed by atoms with E-state index in [-0.39, 0.29) is 22.4 Å². The summed E-state index contributed by atoms with van der Waals surface area (Å²) in [6.07, 6.45) is 2.34.